The van der Waals surface area contributed by atoms with Crippen molar-refractivity contribution in [3.8, 4) is 11.5 Å². The molecule has 0 N–H and O–H groups in total. The number of hydrogen-bond acceptors (Lipinski definition) is 7. The van der Waals surface area contributed by atoms with Gasteiger partial charge in [0.2, 0.25) is 0 Å². The Bertz CT molecular complexity index is 782. The molecule has 1 aromatic heterocycles. The van der Waals surface area contributed by atoms with Gasteiger partial charge in [-0.2, -0.15) is 0 Å². The van der Waals surface area contributed by atoms with Crippen LogP contribution in [0, 0.1) is 0 Å². The zero-order chi connectivity index (χ0) is 18.4. The normalized spacial score (nSPS) is 12.3. The van der Waals surface area contributed by atoms with Gasteiger partial charge in [-0.15, -0.1) is 0 Å². The third-order valence-electron chi connectivity index (χ3n) is 3.81. The van der Waals surface area contributed by atoms with E-state index >= 15 is 0 Å². The van der Waals surface area contributed by atoms with E-state index in [0.29, 0.717) is 37.8 Å². The lowest BCUT2D eigenvalue weighted by Gasteiger charge is -2.23. The summed E-state index contributed by atoms with van der Waals surface area (Å²) in [4.78, 5) is 33.4. The average Bonchev–Trinajstić information content (AvgIpc) is 2.70. The minimum Gasteiger partial charge on any atom is -0.486 e. The molecule has 1 aromatic carbocycles. The van der Waals surface area contributed by atoms with Crippen LogP contribution in [-0.4, -0.2) is 53.1 Å². The van der Waals surface area contributed by atoms with Crippen molar-refractivity contribution in [1.29, 1.82) is 0 Å². The molecule has 1 aliphatic rings. The van der Waals surface area contributed by atoms with E-state index in [1.54, 1.807) is 4.90 Å². The molecule has 8 nitrogen and oxygen atoms in total. The number of amides is 1. The second-order valence-corrected chi connectivity index (χ2v) is 5.55. The van der Waals surface area contributed by atoms with Crippen LogP contribution in [0.2, 0.25) is 0 Å². The Morgan fingerprint density at radius 3 is 2.73 bits per heavy atom. The number of hydrogen-bond donors (Lipinski definition) is 0. The first-order chi connectivity index (χ1) is 12.7. The van der Waals surface area contributed by atoms with Gasteiger partial charge in [0.15, 0.2) is 23.8 Å². The van der Waals surface area contributed by atoms with Crippen LogP contribution in [0.25, 0.3) is 0 Å². The van der Waals surface area contributed by atoms with Gasteiger partial charge in [-0.25, -0.2) is 9.78 Å². The second-order valence-electron chi connectivity index (χ2n) is 5.55. The molecule has 0 atom stereocenters. The number of carbonyl (C=O) groups excluding carboxylic acids is 2. The van der Waals surface area contributed by atoms with E-state index in [1.807, 2.05) is 25.1 Å². The van der Waals surface area contributed by atoms with Gasteiger partial charge >= 0.3 is 5.97 Å². The molecule has 1 aliphatic heterocycles. The number of aromatic nitrogens is 2. The largest absolute Gasteiger partial charge is 0.486 e. The Balaban J connectivity index is 1.58. The van der Waals surface area contributed by atoms with Crippen molar-refractivity contribution < 1.29 is 23.8 Å². The predicted molar refractivity (Wildman–Crippen MR) is 90.8 cm³/mol. The Hall–Kier alpha value is -3.16. The summed E-state index contributed by atoms with van der Waals surface area (Å²) in [5.41, 5.74) is 0.972. The topological polar surface area (TPSA) is 90.8 Å². The summed E-state index contributed by atoms with van der Waals surface area (Å²) in [5.74, 6) is 0.403. The Morgan fingerprint density at radius 2 is 2.00 bits per heavy atom. The molecule has 0 saturated heterocycles. The van der Waals surface area contributed by atoms with E-state index in [4.69, 9.17) is 14.2 Å². The maximum absolute atomic E-state index is 12.4. The molecule has 0 fully saturated rings. The first kappa shape index (κ1) is 17.7. The van der Waals surface area contributed by atoms with Gasteiger partial charge in [-0.05, 0) is 24.6 Å². The molecule has 0 aliphatic carbocycles. The molecular weight excluding hydrogens is 338 g/mol. The molecule has 0 bridgehead atoms. The smallest absolute Gasteiger partial charge is 0.359 e. The highest BCUT2D eigenvalue weighted by atomic mass is 16.6. The average molecular weight is 357 g/mol. The molecule has 0 saturated carbocycles. The molecule has 8 heteroatoms. The van der Waals surface area contributed by atoms with Crippen LogP contribution >= 0.6 is 0 Å². The predicted octanol–water partition coefficient (Wildman–Crippen LogP) is 1.45. The number of benzene rings is 1. The zero-order valence-electron chi connectivity index (χ0n) is 14.4. The Labute approximate surface area is 150 Å². The van der Waals surface area contributed by atoms with E-state index < -0.39 is 5.97 Å². The molecular formula is C18H19N3O5. The lowest BCUT2D eigenvalue weighted by molar-refractivity contribution is -0.135. The summed E-state index contributed by atoms with van der Waals surface area (Å²) in [6, 6.07) is 5.57. The Morgan fingerprint density at radius 1 is 1.19 bits per heavy atom. The van der Waals surface area contributed by atoms with E-state index in [0.717, 1.165) is 5.56 Å². The van der Waals surface area contributed by atoms with E-state index in [-0.39, 0.29) is 18.2 Å². The van der Waals surface area contributed by atoms with Crippen LogP contribution in [0.1, 0.15) is 23.0 Å². The number of rotatable bonds is 6. The second kappa shape index (κ2) is 8.28. The molecule has 2 heterocycles. The standard InChI is InChI=1S/C18H19N3O5/c1-2-21(11-13-3-4-15-16(9-13)25-8-7-24-15)17(22)12-26-18(23)14-10-19-5-6-20-14/h3-6,9-10H,2,7-8,11-12H2,1H3. The summed E-state index contributed by atoms with van der Waals surface area (Å²) >= 11 is 0. The molecule has 26 heavy (non-hydrogen) atoms. The SMILES string of the molecule is CCN(Cc1ccc2c(c1)OCCO2)C(=O)COC(=O)c1cnccn1. The number of carbonyl (C=O) groups is 2. The van der Waals surface area contributed by atoms with Crippen molar-refractivity contribution in [2.75, 3.05) is 26.4 Å². The fourth-order valence-corrected chi connectivity index (χ4v) is 2.48. The molecule has 3 rings (SSSR count). The molecule has 2 aromatic rings. The van der Waals surface area contributed by atoms with Crippen LogP contribution < -0.4 is 9.47 Å². The van der Waals surface area contributed by atoms with Gasteiger partial charge < -0.3 is 19.1 Å². The third-order valence-corrected chi connectivity index (χ3v) is 3.81. The molecule has 0 unspecified atom stereocenters. The molecule has 0 spiro atoms. The third kappa shape index (κ3) is 4.27. The highest BCUT2D eigenvalue weighted by molar-refractivity contribution is 5.89. The highest BCUT2D eigenvalue weighted by Gasteiger charge is 2.18. The van der Waals surface area contributed by atoms with Crippen molar-refractivity contribution >= 4 is 11.9 Å². The number of fused-ring (bicyclic) bond motifs is 1. The minimum atomic E-state index is -0.679. The quantitative estimate of drug-likeness (QED) is 0.723. The van der Waals surface area contributed by atoms with Crippen molar-refractivity contribution in [1.82, 2.24) is 14.9 Å². The summed E-state index contributed by atoms with van der Waals surface area (Å²) in [7, 11) is 0. The van der Waals surface area contributed by atoms with Crippen molar-refractivity contribution in [3.63, 3.8) is 0 Å². The van der Waals surface area contributed by atoms with Crippen LogP contribution in [-0.2, 0) is 16.1 Å². The van der Waals surface area contributed by atoms with E-state index in [1.165, 1.54) is 18.6 Å². The summed E-state index contributed by atoms with van der Waals surface area (Å²) in [5, 5.41) is 0. The number of nitrogens with zero attached hydrogens (tertiary/aromatic N) is 3. The number of ether oxygens (including phenoxy) is 3. The van der Waals surface area contributed by atoms with Crippen molar-refractivity contribution in [2.45, 2.75) is 13.5 Å². The van der Waals surface area contributed by atoms with Crippen LogP contribution in [0.5, 0.6) is 11.5 Å². The lowest BCUT2D eigenvalue weighted by atomic mass is 10.1. The van der Waals surface area contributed by atoms with Crippen LogP contribution in [0.15, 0.2) is 36.8 Å². The van der Waals surface area contributed by atoms with Crippen molar-refractivity contribution in [2.24, 2.45) is 0 Å². The molecule has 1 amide bonds. The van der Waals surface area contributed by atoms with Gasteiger partial charge in [0.25, 0.3) is 5.91 Å². The van der Waals surface area contributed by atoms with Gasteiger partial charge in [0.1, 0.15) is 13.2 Å². The van der Waals surface area contributed by atoms with E-state index in [2.05, 4.69) is 9.97 Å². The molecule has 0 radical (unpaired) electrons. The summed E-state index contributed by atoms with van der Waals surface area (Å²) in [6.07, 6.45) is 4.13. The zero-order valence-corrected chi connectivity index (χ0v) is 14.4. The van der Waals surface area contributed by atoms with Crippen molar-refractivity contribution in [3.05, 3.63) is 48.0 Å². The number of esters is 1. The minimum absolute atomic E-state index is 0.0650. The highest BCUT2D eigenvalue weighted by Crippen LogP contribution is 2.31. The van der Waals surface area contributed by atoms with Crippen LogP contribution in [0.3, 0.4) is 0 Å². The van der Waals surface area contributed by atoms with Crippen LogP contribution in [0.4, 0.5) is 0 Å². The fourth-order valence-electron chi connectivity index (χ4n) is 2.48. The maximum atomic E-state index is 12.4. The first-order valence-corrected chi connectivity index (χ1v) is 8.27. The molecule has 136 valence electrons. The fraction of sp³-hybridized carbons (Fsp3) is 0.333. The van der Waals surface area contributed by atoms with E-state index in [9.17, 15) is 9.59 Å². The maximum Gasteiger partial charge on any atom is 0.359 e. The summed E-state index contributed by atoms with van der Waals surface area (Å²) < 4.78 is 16.1. The first-order valence-electron chi connectivity index (χ1n) is 8.27. The van der Waals surface area contributed by atoms with Gasteiger partial charge in [-0.1, -0.05) is 6.07 Å². The lowest BCUT2D eigenvalue weighted by Crippen LogP contribution is -2.34. The number of likely N-dealkylation sites (N-methyl/N-ethyl adjacent to an activating group) is 1. The van der Waals surface area contributed by atoms with Gasteiger partial charge in [-0.3, -0.25) is 9.78 Å². The monoisotopic (exact) mass is 357 g/mol. The summed E-state index contributed by atoms with van der Waals surface area (Å²) in [6.45, 7) is 3.41. The van der Waals surface area contributed by atoms with Gasteiger partial charge in [0.05, 0.1) is 6.20 Å². The Kier molecular flexibility index (Phi) is 5.62. The van der Waals surface area contributed by atoms with Gasteiger partial charge in [0, 0.05) is 25.5 Å².